The molecule has 28 heavy (non-hydrogen) atoms. The fraction of sp³-hybridized carbons (Fsp3) is 0.200. The maximum Gasteiger partial charge on any atom is 0.246 e. The minimum absolute atomic E-state index is 0.0312. The number of rotatable bonds is 10. The molecule has 0 aliphatic carbocycles. The molecule has 144 valence electrons. The van der Waals surface area contributed by atoms with Gasteiger partial charge in [-0.25, -0.2) is 0 Å². The number of hydrogen-bond acceptors (Lipinski definition) is 7. The molecule has 1 aromatic carbocycles. The summed E-state index contributed by atoms with van der Waals surface area (Å²) in [4.78, 5) is 15.8. The van der Waals surface area contributed by atoms with E-state index in [-0.39, 0.29) is 12.5 Å². The van der Waals surface area contributed by atoms with Crippen LogP contribution < -0.4 is 16.0 Å². The molecule has 0 spiro atoms. The molecule has 0 fully saturated rings. The Morgan fingerprint density at radius 1 is 0.929 bits per heavy atom. The maximum atomic E-state index is 11.8. The second-order valence-corrected chi connectivity index (χ2v) is 5.93. The van der Waals surface area contributed by atoms with E-state index in [0.717, 1.165) is 11.3 Å². The highest BCUT2D eigenvalue weighted by Gasteiger charge is 2.02. The second-order valence-electron chi connectivity index (χ2n) is 5.93. The monoisotopic (exact) mass is 378 g/mol. The van der Waals surface area contributed by atoms with Gasteiger partial charge in [0.2, 0.25) is 5.91 Å². The lowest BCUT2D eigenvalue weighted by Crippen LogP contribution is -2.31. The van der Waals surface area contributed by atoms with Crippen LogP contribution in [0.1, 0.15) is 5.56 Å². The molecule has 3 aromatic rings. The molecule has 1 amide bonds. The highest BCUT2D eigenvalue weighted by molar-refractivity contribution is 5.77. The molecule has 8 nitrogen and oxygen atoms in total. The summed E-state index contributed by atoms with van der Waals surface area (Å²) in [6, 6.07) is 17.1. The van der Waals surface area contributed by atoms with Gasteiger partial charge in [-0.2, -0.15) is 0 Å². The van der Waals surface area contributed by atoms with E-state index in [1.54, 1.807) is 12.4 Å². The van der Waals surface area contributed by atoms with E-state index >= 15 is 0 Å². The molecule has 0 atom stereocenters. The smallest absolute Gasteiger partial charge is 0.246 e. The standard InChI is InChI=1S/C20H22N6O2/c27-20(15-28-14-16-5-2-1-3-6-16)23-12-11-22-18-8-9-19(26-25-18)24-17-7-4-10-21-13-17/h1-10,13H,11-12,14-15H2,(H,22,25)(H,23,27)(H,24,26). The van der Waals surface area contributed by atoms with Crippen LogP contribution in [-0.2, 0) is 16.1 Å². The molecule has 2 aromatic heterocycles. The van der Waals surface area contributed by atoms with Crippen molar-refractivity contribution in [3.05, 3.63) is 72.6 Å². The zero-order valence-electron chi connectivity index (χ0n) is 15.3. The number of hydrogen-bond donors (Lipinski definition) is 3. The van der Waals surface area contributed by atoms with Crippen LogP contribution in [0.25, 0.3) is 0 Å². The van der Waals surface area contributed by atoms with E-state index in [2.05, 4.69) is 31.1 Å². The van der Waals surface area contributed by atoms with Gasteiger partial charge in [0.25, 0.3) is 0 Å². The normalized spacial score (nSPS) is 10.3. The van der Waals surface area contributed by atoms with Crippen molar-refractivity contribution < 1.29 is 9.53 Å². The van der Waals surface area contributed by atoms with Gasteiger partial charge in [0.05, 0.1) is 18.5 Å². The van der Waals surface area contributed by atoms with Crippen LogP contribution in [0.2, 0.25) is 0 Å². The van der Waals surface area contributed by atoms with Crippen LogP contribution in [0, 0.1) is 0 Å². The van der Waals surface area contributed by atoms with Crippen molar-refractivity contribution in [1.82, 2.24) is 20.5 Å². The molecule has 0 saturated heterocycles. The Morgan fingerprint density at radius 2 is 1.75 bits per heavy atom. The quantitative estimate of drug-likeness (QED) is 0.466. The number of nitrogens with one attached hydrogen (secondary N) is 3. The molecule has 8 heteroatoms. The number of nitrogens with zero attached hydrogens (tertiary/aromatic N) is 3. The topological polar surface area (TPSA) is 101 Å². The third-order valence-electron chi connectivity index (χ3n) is 3.70. The van der Waals surface area contributed by atoms with Crippen molar-refractivity contribution in [3.8, 4) is 0 Å². The summed E-state index contributed by atoms with van der Waals surface area (Å²) in [5.41, 5.74) is 1.88. The Morgan fingerprint density at radius 3 is 2.50 bits per heavy atom. The average Bonchev–Trinajstić information content (AvgIpc) is 2.74. The fourth-order valence-corrected chi connectivity index (χ4v) is 2.36. The minimum atomic E-state index is -0.153. The van der Waals surface area contributed by atoms with Crippen molar-refractivity contribution in [1.29, 1.82) is 0 Å². The van der Waals surface area contributed by atoms with Gasteiger partial charge in [0.1, 0.15) is 12.4 Å². The van der Waals surface area contributed by atoms with Gasteiger partial charge >= 0.3 is 0 Å². The summed E-state index contributed by atoms with van der Waals surface area (Å²) in [6.07, 6.45) is 3.41. The molecule has 2 heterocycles. The van der Waals surface area contributed by atoms with E-state index in [1.807, 2.05) is 54.6 Å². The summed E-state index contributed by atoms with van der Waals surface area (Å²) in [5.74, 6) is 1.11. The van der Waals surface area contributed by atoms with Gasteiger partial charge < -0.3 is 20.7 Å². The number of pyridine rings is 1. The van der Waals surface area contributed by atoms with Crippen molar-refractivity contribution in [2.75, 3.05) is 30.3 Å². The Balaban J connectivity index is 1.30. The summed E-state index contributed by atoms with van der Waals surface area (Å²) >= 11 is 0. The van der Waals surface area contributed by atoms with E-state index < -0.39 is 0 Å². The summed E-state index contributed by atoms with van der Waals surface area (Å²) in [6.45, 7) is 1.45. The number of carbonyl (C=O) groups is 1. The number of ether oxygens (including phenoxy) is 1. The number of amides is 1. The van der Waals surface area contributed by atoms with Gasteiger partial charge in [0, 0.05) is 19.3 Å². The first kappa shape index (κ1) is 19.2. The van der Waals surface area contributed by atoms with Crippen LogP contribution in [0.4, 0.5) is 17.3 Å². The Kier molecular flexibility index (Phi) is 7.28. The third-order valence-corrected chi connectivity index (χ3v) is 3.70. The first-order chi connectivity index (χ1) is 13.8. The molecule has 3 N–H and O–H groups in total. The van der Waals surface area contributed by atoms with Gasteiger partial charge in [0.15, 0.2) is 5.82 Å². The van der Waals surface area contributed by atoms with Gasteiger partial charge in [-0.05, 0) is 29.8 Å². The Bertz CT molecular complexity index is 844. The van der Waals surface area contributed by atoms with E-state index in [9.17, 15) is 4.79 Å². The first-order valence-corrected chi connectivity index (χ1v) is 8.92. The van der Waals surface area contributed by atoms with Crippen LogP contribution in [0.3, 0.4) is 0 Å². The SMILES string of the molecule is O=C(COCc1ccccc1)NCCNc1ccc(Nc2cccnc2)nn1. The lowest BCUT2D eigenvalue weighted by molar-refractivity contribution is -0.126. The molecular formula is C20H22N6O2. The molecule has 0 radical (unpaired) electrons. The molecular weight excluding hydrogens is 356 g/mol. The number of aromatic nitrogens is 3. The van der Waals surface area contributed by atoms with Gasteiger partial charge in [-0.3, -0.25) is 9.78 Å². The molecule has 0 bridgehead atoms. The van der Waals surface area contributed by atoms with Crippen molar-refractivity contribution in [2.45, 2.75) is 6.61 Å². The fourth-order valence-electron chi connectivity index (χ4n) is 2.36. The lowest BCUT2D eigenvalue weighted by Gasteiger charge is -2.08. The second kappa shape index (κ2) is 10.6. The zero-order valence-corrected chi connectivity index (χ0v) is 15.3. The highest BCUT2D eigenvalue weighted by Crippen LogP contribution is 2.12. The summed E-state index contributed by atoms with van der Waals surface area (Å²) < 4.78 is 5.39. The Hall–Kier alpha value is -3.52. The molecule has 0 aliphatic heterocycles. The highest BCUT2D eigenvalue weighted by atomic mass is 16.5. The van der Waals surface area contributed by atoms with Crippen LogP contribution in [-0.4, -0.2) is 40.8 Å². The maximum absolute atomic E-state index is 11.8. The van der Waals surface area contributed by atoms with Crippen LogP contribution >= 0.6 is 0 Å². The Labute approximate surface area is 163 Å². The van der Waals surface area contributed by atoms with Crippen molar-refractivity contribution in [3.63, 3.8) is 0 Å². The summed E-state index contributed by atoms with van der Waals surface area (Å²) in [7, 11) is 0. The number of anilines is 3. The first-order valence-electron chi connectivity index (χ1n) is 8.92. The molecule has 3 rings (SSSR count). The average molecular weight is 378 g/mol. The predicted molar refractivity (Wildman–Crippen MR) is 107 cm³/mol. The lowest BCUT2D eigenvalue weighted by atomic mass is 10.2. The van der Waals surface area contributed by atoms with Crippen LogP contribution in [0.5, 0.6) is 0 Å². The van der Waals surface area contributed by atoms with Crippen molar-refractivity contribution in [2.24, 2.45) is 0 Å². The van der Waals surface area contributed by atoms with Gasteiger partial charge in [-0.1, -0.05) is 30.3 Å². The minimum Gasteiger partial charge on any atom is -0.367 e. The van der Waals surface area contributed by atoms with E-state index in [1.165, 1.54) is 0 Å². The van der Waals surface area contributed by atoms with E-state index in [0.29, 0.717) is 31.3 Å². The molecule has 0 unspecified atom stereocenters. The summed E-state index contributed by atoms with van der Waals surface area (Å²) in [5, 5.41) is 17.2. The largest absolute Gasteiger partial charge is 0.367 e. The predicted octanol–water partition coefficient (Wildman–Crippen LogP) is 2.36. The number of benzene rings is 1. The van der Waals surface area contributed by atoms with Gasteiger partial charge in [-0.15, -0.1) is 10.2 Å². The number of carbonyl (C=O) groups excluding carboxylic acids is 1. The molecule has 0 saturated carbocycles. The third kappa shape index (κ3) is 6.65. The van der Waals surface area contributed by atoms with E-state index in [4.69, 9.17) is 4.74 Å². The van der Waals surface area contributed by atoms with Crippen LogP contribution in [0.15, 0.2) is 67.0 Å². The molecule has 0 aliphatic rings. The van der Waals surface area contributed by atoms with Crippen molar-refractivity contribution >= 4 is 23.2 Å². The zero-order chi connectivity index (χ0) is 19.4.